The van der Waals surface area contributed by atoms with Crippen molar-refractivity contribution in [1.82, 2.24) is 4.31 Å². The third-order valence-electron chi connectivity index (χ3n) is 4.90. The van der Waals surface area contributed by atoms with Crippen LogP contribution in [-0.2, 0) is 16.6 Å². The Morgan fingerprint density at radius 3 is 2.38 bits per heavy atom. The summed E-state index contributed by atoms with van der Waals surface area (Å²) >= 11 is 0. The molecule has 0 amide bonds. The zero-order valence-corrected chi connectivity index (χ0v) is 16.7. The number of hydrogen-bond acceptors (Lipinski definition) is 3. The molecule has 26 heavy (non-hydrogen) atoms. The van der Waals surface area contributed by atoms with Gasteiger partial charge in [0.2, 0.25) is 10.0 Å². The van der Waals surface area contributed by atoms with Crippen molar-refractivity contribution < 1.29 is 8.42 Å². The van der Waals surface area contributed by atoms with Crippen molar-refractivity contribution in [3.05, 3.63) is 53.6 Å². The Kier molecular flexibility index (Phi) is 6.20. The molecule has 0 aromatic heterocycles. The minimum Gasteiger partial charge on any atom is -0.371 e. The van der Waals surface area contributed by atoms with Gasteiger partial charge in [-0.2, -0.15) is 4.31 Å². The van der Waals surface area contributed by atoms with Crippen LogP contribution in [0, 0.1) is 5.92 Å². The van der Waals surface area contributed by atoms with Gasteiger partial charge >= 0.3 is 0 Å². The number of hydrogen-bond donors (Lipinski definition) is 0. The van der Waals surface area contributed by atoms with Crippen LogP contribution in [0.1, 0.15) is 38.7 Å². The van der Waals surface area contributed by atoms with Crippen molar-refractivity contribution in [3.63, 3.8) is 0 Å². The molecule has 0 N–H and O–H groups in total. The lowest BCUT2D eigenvalue weighted by molar-refractivity contribution is 0.363. The quantitative estimate of drug-likeness (QED) is 0.691. The number of allylic oxidation sites excluding steroid dienone is 3. The summed E-state index contributed by atoms with van der Waals surface area (Å²) in [5, 5.41) is 0. The van der Waals surface area contributed by atoms with Gasteiger partial charge in [-0.3, -0.25) is 0 Å². The predicted molar refractivity (Wildman–Crippen MR) is 109 cm³/mol. The summed E-state index contributed by atoms with van der Waals surface area (Å²) in [5.41, 5.74) is 3.19. The molecule has 4 nitrogen and oxygen atoms in total. The maximum Gasteiger partial charge on any atom is 0.218 e. The first kappa shape index (κ1) is 19.2. The third-order valence-corrected chi connectivity index (χ3v) is 6.66. The molecule has 0 unspecified atom stereocenters. The Morgan fingerprint density at radius 2 is 1.85 bits per heavy atom. The van der Waals surface area contributed by atoms with Gasteiger partial charge in [-0.15, -0.1) is 0 Å². The van der Waals surface area contributed by atoms with E-state index in [0.717, 1.165) is 37.1 Å². The molecule has 1 aromatic rings. The Balaban J connectivity index is 1.72. The van der Waals surface area contributed by atoms with Gasteiger partial charge in [-0.05, 0) is 48.4 Å². The molecule has 0 atom stereocenters. The second kappa shape index (κ2) is 8.40. The first-order chi connectivity index (χ1) is 12.4. The predicted octanol–water partition coefficient (Wildman–Crippen LogP) is 3.96. The molecule has 1 saturated heterocycles. The van der Waals surface area contributed by atoms with E-state index in [1.54, 1.807) is 4.31 Å². The van der Waals surface area contributed by atoms with E-state index in [1.807, 2.05) is 12.2 Å². The van der Waals surface area contributed by atoms with Crippen molar-refractivity contribution in [2.75, 3.05) is 30.3 Å². The Bertz CT molecular complexity index is 760. The van der Waals surface area contributed by atoms with E-state index in [0.29, 0.717) is 19.0 Å². The van der Waals surface area contributed by atoms with Crippen molar-refractivity contribution in [2.24, 2.45) is 5.92 Å². The SMILES string of the molecule is CC(C)CN(Cc1ccc(N2CCC2)cc1)S(=O)(=O)CC1=CCCC=C1. The molecule has 0 radical (unpaired) electrons. The molecule has 0 bridgehead atoms. The van der Waals surface area contributed by atoms with Crippen LogP contribution in [0.3, 0.4) is 0 Å². The van der Waals surface area contributed by atoms with Crippen LogP contribution in [0.25, 0.3) is 0 Å². The second-order valence-corrected chi connectivity index (χ2v) is 9.68. The number of rotatable bonds is 8. The largest absolute Gasteiger partial charge is 0.371 e. The van der Waals surface area contributed by atoms with Crippen molar-refractivity contribution in [2.45, 2.75) is 39.7 Å². The standard InChI is InChI=1S/C21H30N2O2S/c1-18(2)15-23(26(24,25)17-20-7-4-3-5-8-20)16-19-9-11-21(12-10-19)22-13-6-14-22/h4,7-12,18H,3,5-6,13-17H2,1-2H3. The minimum absolute atomic E-state index is 0.0993. The molecule has 2 aliphatic rings. The number of anilines is 1. The van der Waals surface area contributed by atoms with Crippen LogP contribution < -0.4 is 4.90 Å². The average molecular weight is 375 g/mol. The molecular formula is C21H30N2O2S. The topological polar surface area (TPSA) is 40.6 Å². The fourth-order valence-corrected chi connectivity index (χ4v) is 5.04. The lowest BCUT2D eigenvalue weighted by Crippen LogP contribution is -2.37. The van der Waals surface area contributed by atoms with E-state index >= 15 is 0 Å². The van der Waals surface area contributed by atoms with Gasteiger partial charge in [0.1, 0.15) is 0 Å². The summed E-state index contributed by atoms with van der Waals surface area (Å²) in [4.78, 5) is 2.34. The molecule has 1 aliphatic heterocycles. The highest BCUT2D eigenvalue weighted by atomic mass is 32.2. The molecule has 3 rings (SSSR count). The summed E-state index contributed by atoms with van der Waals surface area (Å²) in [6, 6.07) is 8.36. The van der Waals surface area contributed by atoms with Gasteiger partial charge < -0.3 is 4.90 Å². The first-order valence-corrected chi connectivity index (χ1v) is 11.2. The average Bonchev–Trinajstić information content (AvgIpc) is 2.54. The van der Waals surface area contributed by atoms with E-state index in [9.17, 15) is 8.42 Å². The molecule has 1 fully saturated rings. The van der Waals surface area contributed by atoms with Gasteiger partial charge in [-0.25, -0.2) is 8.42 Å². The summed E-state index contributed by atoms with van der Waals surface area (Å²) in [7, 11) is -3.33. The summed E-state index contributed by atoms with van der Waals surface area (Å²) in [6.45, 7) is 7.36. The van der Waals surface area contributed by atoms with Gasteiger partial charge in [0.25, 0.3) is 0 Å². The summed E-state index contributed by atoms with van der Waals surface area (Å²) in [6.07, 6.45) is 9.26. The van der Waals surface area contributed by atoms with Gasteiger partial charge in [0.15, 0.2) is 0 Å². The second-order valence-electron chi connectivity index (χ2n) is 7.71. The summed E-state index contributed by atoms with van der Waals surface area (Å²) in [5.74, 6) is 0.392. The van der Waals surface area contributed by atoms with E-state index in [1.165, 1.54) is 12.1 Å². The Hall–Kier alpha value is -1.59. The van der Waals surface area contributed by atoms with E-state index in [2.05, 4.69) is 49.1 Å². The van der Waals surface area contributed by atoms with Crippen molar-refractivity contribution >= 4 is 15.7 Å². The van der Waals surface area contributed by atoms with E-state index in [-0.39, 0.29) is 5.75 Å². The maximum absolute atomic E-state index is 13.0. The highest BCUT2D eigenvalue weighted by molar-refractivity contribution is 7.89. The Labute approximate surface area is 158 Å². The number of nitrogens with zero attached hydrogens (tertiary/aromatic N) is 2. The number of benzene rings is 1. The van der Waals surface area contributed by atoms with E-state index in [4.69, 9.17) is 0 Å². The monoisotopic (exact) mass is 374 g/mol. The highest BCUT2D eigenvalue weighted by Crippen LogP contribution is 2.23. The van der Waals surface area contributed by atoms with Crippen LogP contribution in [0.2, 0.25) is 0 Å². The zero-order chi connectivity index (χ0) is 18.6. The van der Waals surface area contributed by atoms with Crippen LogP contribution in [-0.4, -0.2) is 38.1 Å². The van der Waals surface area contributed by atoms with E-state index < -0.39 is 10.0 Å². The van der Waals surface area contributed by atoms with Crippen molar-refractivity contribution in [1.29, 1.82) is 0 Å². The van der Waals surface area contributed by atoms with Crippen molar-refractivity contribution in [3.8, 4) is 0 Å². The minimum atomic E-state index is -3.33. The molecule has 0 saturated carbocycles. The Morgan fingerprint density at radius 1 is 1.12 bits per heavy atom. The molecule has 0 spiro atoms. The molecule has 1 heterocycles. The van der Waals surface area contributed by atoms with Crippen LogP contribution in [0.5, 0.6) is 0 Å². The number of sulfonamides is 1. The van der Waals surface area contributed by atoms with Gasteiger partial charge in [-0.1, -0.05) is 44.2 Å². The summed E-state index contributed by atoms with van der Waals surface area (Å²) < 4.78 is 27.7. The van der Waals surface area contributed by atoms with Gasteiger partial charge in [0, 0.05) is 31.9 Å². The molecular weight excluding hydrogens is 344 g/mol. The zero-order valence-electron chi connectivity index (χ0n) is 15.9. The smallest absolute Gasteiger partial charge is 0.218 e. The molecule has 1 aliphatic carbocycles. The molecule has 142 valence electrons. The fraction of sp³-hybridized carbons (Fsp3) is 0.524. The lowest BCUT2D eigenvalue weighted by atomic mass is 10.1. The van der Waals surface area contributed by atoms with Crippen LogP contribution >= 0.6 is 0 Å². The molecule has 5 heteroatoms. The van der Waals surface area contributed by atoms with Gasteiger partial charge in [0.05, 0.1) is 5.75 Å². The lowest BCUT2D eigenvalue weighted by Gasteiger charge is -2.33. The van der Waals surface area contributed by atoms with Crippen LogP contribution in [0.15, 0.2) is 48.1 Å². The first-order valence-electron chi connectivity index (χ1n) is 9.61. The maximum atomic E-state index is 13.0. The van der Waals surface area contributed by atoms with Crippen LogP contribution in [0.4, 0.5) is 5.69 Å². The highest BCUT2D eigenvalue weighted by Gasteiger charge is 2.24. The third kappa shape index (κ3) is 4.98. The normalized spacial score (nSPS) is 17.5. The fourth-order valence-electron chi connectivity index (χ4n) is 3.35. The molecule has 1 aromatic carbocycles.